The molecular formula is C35H41N5O3. The zero-order valence-electron chi connectivity index (χ0n) is 25.6. The van der Waals surface area contributed by atoms with Gasteiger partial charge in [0.2, 0.25) is 5.91 Å². The van der Waals surface area contributed by atoms with Crippen molar-refractivity contribution < 1.29 is 9.59 Å². The van der Waals surface area contributed by atoms with Crippen LogP contribution in [0.5, 0.6) is 0 Å². The van der Waals surface area contributed by atoms with Crippen molar-refractivity contribution in [2.75, 3.05) is 18.4 Å². The normalized spacial score (nSPS) is 11.8. The van der Waals surface area contributed by atoms with Crippen molar-refractivity contribution in [3.05, 3.63) is 117 Å². The molecule has 1 heterocycles. The number of anilines is 1. The topological polar surface area (TPSA) is 110 Å². The Morgan fingerprint density at radius 3 is 2.30 bits per heavy atom. The number of hydrogen-bond acceptors (Lipinski definition) is 5. The maximum atomic E-state index is 14.5. The molecule has 0 aliphatic carbocycles. The van der Waals surface area contributed by atoms with Crippen LogP contribution in [0, 0.1) is 19.8 Å². The maximum absolute atomic E-state index is 14.5. The number of carbonyl (C=O) groups excluding carboxylic acids is 2. The molecule has 0 spiro atoms. The fraction of sp³-hybridized carbons (Fsp3) is 0.314. The van der Waals surface area contributed by atoms with Crippen LogP contribution < -0.4 is 16.6 Å². The van der Waals surface area contributed by atoms with Gasteiger partial charge < -0.3 is 16.0 Å². The van der Waals surface area contributed by atoms with Crippen LogP contribution in [-0.4, -0.2) is 39.4 Å². The second-order valence-corrected chi connectivity index (χ2v) is 11.3. The molecule has 0 saturated carbocycles. The van der Waals surface area contributed by atoms with Crippen LogP contribution in [-0.2, 0) is 11.3 Å². The minimum Gasteiger partial charge on any atom is -0.330 e. The van der Waals surface area contributed by atoms with Crippen molar-refractivity contribution in [1.29, 1.82) is 0 Å². The third-order valence-corrected chi connectivity index (χ3v) is 7.43. The maximum Gasteiger partial charge on any atom is 0.262 e. The molecule has 0 aliphatic heterocycles. The van der Waals surface area contributed by atoms with Crippen molar-refractivity contribution in [3.63, 3.8) is 0 Å². The van der Waals surface area contributed by atoms with Crippen LogP contribution in [0.1, 0.15) is 66.2 Å². The van der Waals surface area contributed by atoms with Crippen LogP contribution in [0.4, 0.5) is 5.69 Å². The predicted molar refractivity (Wildman–Crippen MR) is 172 cm³/mol. The Hall–Kier alpha value is -4.56. The summed E-state index contributed by atoms with van der Waals surface area (Å²) in [6, 6.07) is 24.0. The van der Waals surface area contributed by atoms with Gasteiger partial charge in [-0.2, -0.15) is 0 Å². The van der Waals surface area contributed by atoms with E-state index in [1.807, 2.05) is 93.3 Å². The highest BCUT2D eigenvalue weighted by atomic mass is 16.2. The molecule has 4 aromatic rings. The quantitative estimate of drug-likeness (QED) is 0.236. The first-order chi connectivity index (χ1) is 20.6. The Morgan fingerprint density at radius 1 is 0.977 bits per heavy atom. The molecule has 4 rings (SSSR count). The van der Waals surface area contributed by atoms with Gasteiger partial charge in [0.15, 0.2) is 0 Å². The van der Waals surface area contributed by atoms with E-state index in [9.17, 15) is 14.4 Å². The van der Waals surface area contributed by atoms with Gasteiger partial charge in [-0.25, -0.2) is 4.98 Å². The molecule has 0 saturated heterocycles. The summed E-state index contributed by atoms with van der Waals surface area (Å²) in [7, 11) is 0. The third-order valence-electron chi connectivity index (χ3n) is 7.43. The molecule has 8 nitrogen and oxygen atoms in total. The molecule has 1 aromatic heterocycles. The summed E-state index contributed by atoms with van der Waals surface area (Å²) >= 11 is 0. The largest absolute Gasteiger partial charge is 0.330 e. The molecule has 1 atom stereocenters. The van der Waals surface area contributed by atoms with Crippen LogP contribution in [0.2, 0.25) is 0 Å². The number of nitrogens with zero attached hydrogens (tertiary/aromatic N) is 3. The molecule has 8 heteroatoms. The molecule has 0 bridgehead atoms. The van der Waals surface area contributed by atoms with Gasteiger partial charge in [0.1, 0.15) is 5.82 Å². The Morgan fingerprint density at radius 2 is 1.67 bits per heavy atom. The number of nitrogens with one attached hydrogen (secondary N) is 1. The minimum absolute atomic E-state index is 0.0607. The first kappa shape index (κ1) is 31.4. The van der Waals surface area contributed by atoms with Gasteiger partial charge in [-0.3, -0.25) is 19.0 Å². The van der Waals surface area contributed by atoms with E-state index >= 15 is 0 Å². The van der Waals surface area contributed by atoms with Crippen LogP contribution >= 0.6 is 0 Å². The van der Waals surface area contributed by atoms with Crippen LogP contribution in [0.3, 0.4) is 0 Å². The van der Waals surface area contributed by atoms with Crippen molar-refractivity contribution in [2.24, 2.45) is 11.7 Å². The molecule has 3 aromatic carbocycles. The SMILES string of the molecule is CC(=O)Nc1cccc(-c2c(C)nc(C(C(C)C)N(CCCN)C(=O)c3ccc(C)cc3)n(Cc3ccccc3)c2=O)c1. The zero-order valence-corrected chi connectivity index (χ0v) is 25.6. The lowest BCUT2D eigenvalue weighted by atomic mass is 9.97. The summed E-state index contributed by atoms with van der Waals surface area (Å²) in [5, 5.41) is 2.80. The van der Waals surface area contributed by atoms with Gasteiger partial charge in [0, 0.05) is 24.7 Å². The standard InChI is InChI=1S/C35H41N5O3/c1-23(2)32(39(20-10-19-36)34(42)28-17-15-24(3)16-18-28)33-37-25(4)31(29-13-9-14-30(21-29)38-26(5)41)35(43)40(33)22-27-11-7-6-8-12-27/h6-9,11-18,21,23,32H,10,19-20,22,36H2,1-5H3,(H,38,41). The van der Waals surface area contributed by atoms with E-state index in [0.29, 0.717) is 53.4 Å². The number of aryl methyl sites for hydroxylation is 2. The summed E-state index contributed by atoms with van der Waals surface area (Å²) < 4.78 is 1.70. The van der Waals surface area contributed by atoms with E-state index in [-0.39, 0.29) is 29.8 Å². The van der Waals surface area contributed by atoms with Gasteiger partial charge in [0.05, 0.1) is 23.8 Å². The van der Waals surface area contributed by atoms with Crippen LogP contribution in [0.15, 0.2) is 83.7 Å². The van der Waals surface area contributed by atoms with E-state index in [4.69, 9.17) is 10.7 Å². The molecule has 1 unspecified atom stereocenters. The predicted octanol–water partition coefficient (Wildman–Crippen LogP) is 5.72. The number of rotatable bonds is 11. The Bertz CT molecular complexity index is 1630. The van der Waals surface area contributed by atoms with Gasteiger partial charge in [0.25, 0.3) is 11.5 Å². The minimum atomic E-state index is -0.491. The third kappa shape index (κ3) is 7.45. The first-order valence-corrected chi connectivity index (χ1v) is 14.7. The van der Waals surface area contributed by atoms with E-state index in [2.05, 4.69) is 5.32 Å². The van der Waals surface area contributed by atoms with Crippen molar-refractivity contribution in [1.82, 2.24) is 14.5 Å². The fourth-order valence-corrected chi connectivity index (χ4v) is 5.40. The smallest absolute Gasteiger partial charge is 0.262 e. The number of nitrogens with two attached hydrogens (primary N) is 1. The number of carbonyl (C=O) groups is 2. The number of aromatic nitrogens is 2. The molecule has 2 amide bonds. The summed E-state index contributed by atoms with van der Waals surface area (Å²) in [6.07, 6.45) is 0.608. The summed E-state index contributed by atoms with van der Waals surface area (Å²) in [6.45, 7) is 10.5. The summed E-state index contributed by atoms with van der Waals surface area (Å²) in [5.74, 6) is 0.145. The van der Waals surface area contributed by atoms with E-state index in [0.717, 1.165) is 11.1 Å². The van der Waals surface area contributed by atoms with E-state index in [1.165, 1.54) is 6.92 Å². The molecule has 224 valence electrons. The summed E-state index contributed by atoms with van der Waals surface area (Å²) in [4.78, 5) is 47.2. The number of benzene rings is 3. The lowest BCUT2D eigenvalue weighted by Crippen LogP contribution is -2.42. The first-order valence-electron chi connectivity index (χ1n) is 14.7. The lowest BCUT2D eigenvalue weighted by molar-refractivity contribution is -0.114. The molecule has 43 heavy (non-hydrogen) atoms. The Kier molecular flexibility index (Phi) is 10.3. The van der Waals surface area contributed by atoms with Crippen molar-refractivity contribution >= 4 is 17.5 Å². The second kappa shape index (κ2) is 14.1. The van der Waals surface area contributed by atoms with Crippen LogP contribution in [0.25, 0.3) is 11.1 Å². The Labute approximate surface area is 253 Å². The summed E-state index contributed by atoms with van der Waals surface area (Å²) in [5.41, 5.74) is 10.6. The van der Waals surface area contributed by atoms with Crippen molar-refractivity contribution in [2.45, 2.75) is 53.6 Å². The highest BCUT2D eigenvalue weighted by Crippen LogP contribution is 2.31. The highest BCUT2D eigenvalue weighted by molar-refractivity contribution is 5.94. The fourth-order valence-electron chi connectivity index (χ4n) is 5.40. The molecule has 3 N–H and O–H groups in total. The van der Waals surface area contributed by atoms with E-state index in [1.54, 1.807) is 22.8 Å². The molecular weight excluding hydrogens is 538 g/mol. The second-order valence-electron chi connectivity index (χ2n) is 11.3. The highest BCUT2D eigenvalue weighted by Gasteiger charge is 2.33. The molecule has 0 aliphatic rings. The average molecular weight is 580 g/mol. The van der Waals surface area contributed by atoms with Gasteiger partial charge in [-0.1, -0.05) is 74.0 Å². The lowest BCUT2D eigenvalue weighted by Gasteiger charge is -2.36. The monoisotopic (exact) mass is 579 g/mol. The van der Waals surface area contributed by atoms with Crippen molar-refractivity contribution in [3.8, 4) is 11.1 Å². The van der Waals surface area contributed by atoms with Gasteiger partial charge in [-0.15, -0.1) is 0 Å². The Balaban J connectivity index is 1.94. The number of hydrogen-bond donors (Lipinski definition) is 2. The molecule has 0 radical (unpaired) electrons. The van der Waals surface area contributed by atoms with Gasteiger partial charge in [-0.05, 0) is 68.1 Å². The number of amides is 2. The zero-order chi connectivity index (χ0) is 31.1. The average Bonchev–Trinajstić information content (AvgIpc) is 2.97. The van der Waals surface area contributed by atoms with Gasteiger partial charge >= 0.3 is 0 Å². The molecule has 0 fully saturated rings. The van der Waals surface area contributed by atoms with E-state index < -0.39 is 6.04 Å².